The molecule has 2 atom stereocenters. The molecule has 3 amide bonds. The predicted molar refractivity (Wildman–Crippen MR) is 116 cm³/mol. The largest absolute Gasteiger partial charge is 0.338 e. The molecule has 0 saturated carbocycles. The highest BCUT2D eigenvalue weighted by Gasteiger charge is 2.45. The Bertz CT molecular complexity index is 853. The van der Waals surface area contributed by atoms with Crippen LogP contribution in [0.2, 0.25) is 0 Å². The van der Waals surface area contributed by atoms with Crippen LogP contribution < -0.4 is 0 Å². The second kappa shape index (κ2) is 10.3. The number of amides is 3. The molecule has 1 heterocycles. The van der Waals surface area contributed by atoms with Crippen molar-refractivity contribution in [2.24, 2.45) is 0 Å². The minimum Gasteiger partial charge on any atom is -0.338 e. The van der Waals surface area contributed by atoms with Gasteiger partial charge < -0.3 is 4.90 Å². The summed E-state index contributed by atoms with van der Waals surface area (Å²) < 4.78 is -0.129. The third-order valence-corrected chi connectivity index (χ3v) is 6.22. The summed E-state index contributed by atoms with van der Waals surface area (Å²) in [6.45, 7) is 3.61. The number of carbonyl (C=O) groups is 3. The normalized spacial score (nSPS) is 20.6. The Kier molecular flexibility index (Phi) is 7.52. The van der Waals surface area contributed by atoms with E-state index in [-0.39, 0.29) is 35.2 Å². The molecule has 1 aliphatic heterocycles. The molecule has 0 bridgehead atoms. The zero-order chi connectivity index (χ0) is 21.4. The standard InChI is InChI=1S/C25H31N2O3/c1-21-9-8-18-27(21,20-28)25(30)15-14-24(29)26(19-23-12-6-3-7-13-23)17-16-22-10-4-2-5-11-22/h2-7,10-13,20-21H,8-9,14-19H2,1H3/q+1/t21-,27?/m1/s1. The zero-order valence-electron chi connectivity index (χ0n) is 17.7. The van der Waals surface area contributed by atoms with Gasteiger partial charge in [0.1, 0.15) is 6.04 Å². The topological polar surface area (TPSA) is 54.5 Å². The molecule has 1 saturated heterocycles. The lowest BCUT2D eigenvalue weighted by atomic mass is 10.1. The minimum atomic E-state index is -0.133. The van der Waals surface area contributed by atoms with Crippen LogP contribution in [0.3, 0.4) is 0 Å². The number of likely N-dealkylation sites (tertiary alicyclic amines) is 1. The Morgan fingerprint density at radius 3 is 2.20 bits per heavy atom. The average Bonchev–Trinajstić information content (AvgIpc) is 3.17. The molecule has 0 spiro atoms. The lowest BCUT2D eigenvalue weighted by molar-refractivity contribution is -0.780. The molecule has 0 aromatic heterocycles. The van der Waals surface area contributed by atoms with E-state index in [1.54, 1.807) is 0 Å². The molecule has 0 radical (unpaired) electrons. The fourth-order valence-electron chi connectivity index (χ4n) is 4.27. The van der Waals surface area contributed by atoms with Gasteiger partial charge in [0.25, 0.3) is 0 Å². The van der Waals surface area contributed by atoms with Gasteiger partial charge in [0.05, 0.1) is 13.0 Å². The van der Waals surface area contributed by atoms with Gasteiger partial charge >= 0.3 is 12.3 Å². The summed E-state index contributed by atoms with van der Waals surface area (Å²) in [6.07, 6.45) is 3.53. The molecule has 5 heteroatoms. The first-order chi connectivity index (χ1) is 14.5. The summed E-state index contributed by atoms with van der Waals surface area (Å²) in [5.41, 5.74) is 2.24. The smallest absolute Gasteiger partial charge is 0.321 e. The SMILES string of the molecule is C[C@@H]1CCC[N+]1(C=O)C(=O)CCC(=O)N(CCc1ccccc1)Cc1ccccc1. The Labute approximate surface area is 178 Å². The van der Waals surface area contributed by atoms with Crippen LogP contribution in [0, 0.1) is 0 Å². The van der Waals surface area contributed by atoms with E-state index in [1.165, 1.54) is 5.56 Å². The Morgan fingerprint density at radius 1 is 1.00 bits per heavy atom. The van der Waals surface area contributed by atoms with E-state index in [1.807, 2.05) is 60.4 Å². The Balaban J connectivity index is 1.64. The van der Waals surface area contributed by atoms with Gasteiger partial charge in [-0.25, -0.2) is 9.59 Å². The highest BCUT2D eigenvalue weighted by Crippen LogP contribution is 2.26. The quantitative estimate of drug-likeness (QED) is 0.470. The van der Waals surface area contributed by atoms with E-state index in [4.69, 9.17) is 0 Å². The second-order valence-electron chi connectivity index (χ2n) is 8.18. The Hall–Kier alpha value is -2.79. The second-order valence-corrected chi connectivity index (χ2v) is 8.18. The number of quaternary nitrogens is 1. The average molecular weight is 408 g/mol. The van der Waals surface area contributed by atoms with Crippen molar-refractivity contribution in [1.29, 1.82) is 0 Å². The lowest BCUT2D eigenvalue weighted by Crippen LogP contribution is -2.54. The maximum atomic E-state index is 13.0. The van der Waals surface area contributed by atoms with Gasteiger partial charge in [0.15, 0.2) is 0 Å². The number of nitrogens with zero attached hydrogens (tertiary/aromatic N) is 2. The molecule has 5 nitrogen and oxygen atoms in total. The van der Waals surface area contributed by atoms with Crippen molar-refractivity contribution in [2.45, 2.75) is 51.6 Å². The third kappa shape index (κ3) is 5.22. The molecule has 1 aliphatic rings. The highest BCUT2D eigenvalue weighted by atomic mass is 16.2. The summed E-state index contributed by atoms with van der Waals surface area (Å²) in [5, 5.41) is 0. The van der Waals surface area contributed by atoms with Gasteiger partial charge in [-0.2, -0.15) is 4.48 Å². The third-order valence-electron chi connectivity index (χ3n) is 6.22. The van der Waals surface area contributed by atoms with Crippen LogP contribution in [0.25, 0.3) is 0 Å². The number of hydrogen-bond donors (Lipinski definition) is 0. The van der Waals surface area contributed by atoms with Crippen LogP contribution >= 0.6 is 0 Å². The van der Waals surface area contributed by atoms with Gasteiger partial charge in [-0.15, -0.1) is 0 Å². The van der Waals surface area contributed by atoms with Crippen LogP contribution in [-0.2, 0) is 27.3 Å². The number of hydrogen-bond acceptors (Lipinski definition) is 3. The maximum Gasteiger partial charge on any atom is 0.321 e. The van der Waals surface area contributed by atoms with Gasteiger partial charge in [-0.1, -0.05) is 60.7 Å². The van der Waals surface area contributed by atoms with Crippen molar-refractivity contribution in [1.82, 2.24) is 4.90 Å². The lowest BCUT2D eigenvalue weighted by Gasteiger charge is -2.29. The predicted octanol–water partition coefficient (Wildman–Crippen LogP) is 3.72. The molecular formula is C25H31N2O3+. The van der Waals surface area contributed by atoms with Crippen molar-refractivity contribution >= 4 is 18.2 Å². The summed E-state index contributed by atoms with van der Waals surface area (Å²) in [7, 11) is 0. The van der Waals surface area contributed by atoms with Crippen LogP contribution in [0.15, 0.2) is 60.7 Å². The first-order valence-corrected chi connectivity index (χ1v) is 10.8. The zero-order valence-corrected chi connectivity index (χ0v) is 17.7. The summed E-state index contributed by atoms with van der Waals surface area (Å²) in [4.78, 5) is 39.4. The van der Waals surface area contributed by atoms with Crippen LogP contribution in [0.4, 0.5) is 0 Å². The first kappa shape index (κ1) is 21.9. The molecule has 1 fully saturated rings. The van der Waals surface area contributed by atoms with E-state index >= 15 is 0 Å². The summed E-state index contributed by atoms with van der Waals surface area (Å²) in [5.74, 6) is -0.176. The maximum absolute atomic E-state index is 13.0. The van der Waals surface area contributed by atoms with Crippen molar-refractivity contribution in [3.05, 3.63) is 71.8 Å². The van der Waals surface area contributed by atoms with Gasteiger partial charge in [-0.3, -0.25) is 4.79 Å². The van der Waals surface area contributed by atoms with Crippen molar-refractivity contribution in [2.75, 3.05) is 13.1 Å². The van der Waals surface area contributed by atoms with Gasteiger partial charge in [-0.05, 0) is 24.5 Å². The monoisotopic (exact) mass is 407 g/mol. The Morgan fingerprint density at radius 2 is 1.63 bits per heavy atom. The van der Waals surface area contributed by atoms with E-state index in [0.717, 1.165) is 31.2 Å². The number of imide groups is 1. The minimum absolute atomic E-state index is 0.00334. The van der Waals surface area contributed by atoms with E-state index in [9.17, 15) is 14.4 Å². The van der Waals surface area contributed by atoms with E-state index < -0.39 is 0 Å². The molecule has 3 rings (SSSR count). The molecule has 2 aromatic rings. The number of carbonyl (C=O) groups excluding carboxylic acids is 3. The molecule has 158 valence electrons. The fourth-order valence-corrected chi connectivity index (χ4v) is 4.27. The van der Waals surface area contributed by atoms with Gasteiger partial charge in [0.2, 0.25) is 5.91 Å². The molecule has 30 heavy (non-hydrogen) atoms. The van der Waals surface area contributed by atoms with Crippen LogP contribution in [0.1, 0.15) is 43.7 Å². The number of rotatable bonds is 9. The molecular weight excluding hydrogens is 376 g/mol. The summed E-state index contributed by atoms with van der Waals surface area (Å²) in [6, 6.07) is 20.0. The fraction of sp³-hybridized carbons (Fsp3) is 0.400. The van der Waals surface area contributed by atoms with Crippen molar-refractivity contribution < 1.29 is 18.9 Å². The van der Waals surface area contributed by atoms with Crippen LogP contribution in [0.5, 0.6) is 0 Å². The van der Waals surface area contributed by atoms with E-state index in [2.05, 4.69) is 12.1 Å². The molecule has 1 unspecified atom stereocenters. The first-order valence-electron chi connectivity index (χ1n) is 10.8. The van der Waals surface area contributed by atoms with Crippen molar-refractivity contribution in [3.63, 3.8) is 0 Å². The molecule has 0 aliphatic carbocycles. The molecule has 0 N–H and O–H groups in total. The number of benzene rings is 2. The van der Waals surface area contributed by atoms with Gasteiger partial charge in [0, 0.05) is 32.4 Å². The van der Waals surface area contributed by atoms with E-state index in [0.29, 0.717) is 19.6 Å². The summed E-state index contributed by atoms with van der Waals surface area (Å²) >= 11 is 0. The molecule has 2 aromatic carbocycles. The van der Waals surface area contributed by atoms with Crippen LogP contribution in [-0.4, -0.2) is 46.7 Å². The van der Waals surface area contributed by atoms with Crippen molar-refractivity contribution in [3.8, 4) is 0 Å². The highest BCUT2D eigenvalue weighted by molar-refractivity contribution is 5.83.